The zero-order chi connectivity index (χ0) is 16.2. The standard InChI is InChI=1S/C15H23NO5/c1-10(2)12(13(17)18)16(9-11-7-6-8-20-11)14(19)21-15(3,4)5/h6-8,10,12H,9H2,1-5H3,(H,17,18). The van der Waals surface area contributed by atoms with E-state index in [0.29, 0.717) is 5.76 Å². The number of ether oxygens (including phenoxy) is 1. The van der Waals surface area contributed by atoms with E-state index < -0.39 is 23.7 Å². The molecule has 0 fully saturated rings. The number of carbonyl (C=O) groups excluding carboxylic acids is 1. The Labute approximate surface area is 124 Å². The number of nitrogens with zero attached hydrogens (tertiary/aromatic N) is 1. The molecule has 1 amide bonds. The number of carboxylic acids is 1. The average Bonchev–Trinajstić information content (AvgIpc) is 2.77. The van der Waals surface area contributed by atoms with Gasteiger partial charge < -0.3 is 14.3 Å². The van der Waals surface area contributed by atoms with Gasteiger partial charge in [0.2, 0.25) is 0 Å². The van der Waals surface area contributed by atoms with Crippen molar-refractivity contribution in [2.45, 2.75) is 52.8 Å². The van der Waals surface area contributed by atoms with Crippen LogP contribution < -0.4 is 0 Å². The quantitative estimate of drug-likeness (QED) is 0.903. The van der Waals surface area contributed by atoms with Crippen molar-refractivity contribution in [3.05, 3.63) is 24.2 Å². The van der Waals surface area contributed by atoms with Gasteiger partial charge in [0.05, 0.1) is 12.8 Å². The van der Waals surface area contributed by atoms with E-state index in [0.717, 1.165) is 0 Å². The van der Waals surface area contributed by atoms with E-state index in [-0.39, 0.29) is 12.5 Å². The summed E-state index contributed by atoms with van der Waals surface area (Å²) in [6.07, 6.45) is 0.813. The van der Waals surface area contributed by atoms with Crippen LogP contribution in [0.25, 0.3) is 0 Å². The second-order valence-electron chi connectivity index (χ2n) is 6.21. The average molecular weight is 297 g/mol. The van der Waals surface area contributed by atoms with E-state index in [4.69, 9.17) is 9.15 Å². The van der Waals surface area contributed by atoms with Gasteiger partial charge in [-0.15, -0.1) is 0 Å². The van der Waals surface area contributed by atoms with Crippen molar-refractivity contribution in [1.29, 1.82) is 0 Å². The largest absolute Gasteiger partial charge is 0.480 e. The predicted molar refractivity (Wildman–Crippen MR) is 76.7 cm³/mol. The zero-order valence-electron chi connectivity index (χ0n) is 13.1. The first-order valence-corrected chi connectivity index (χ1v) is 6.86. The third kappa shape index (κ3) is 5.13. The van der Waals surface area contributed by atoms with Crippen molar-refractivity contribution in [2.75, 3.05) is 0 Å². The van der Waals surface area contributed by atoms with Crippen LogP contribution in [-0.4, -0.2) is 33.7 Å². The number of carbonyl (C=O) groups is 2. The lowest BCUT2D eigenvalue weighted by molar-refractivity contribution is -0.145. The van der Waals surface area contributed by atoms with Crippen LogP contribution in [0.4, 0.5) is 4.79 Å². The Kier molecular flexibility index (Phi) is 5.41. The minimum atomic E-state index is -1.07. The summed E-state index contributed by atoms with van der Waals surface area (Å²) in [7, 11) is 0. The van der Waals surface area contributed by atoms with Gasteiger partial charge in [-0.1, -0.05) is 13.8 Å². The van der Waals surface area contributed by atoms with E-state index in [2.05, 4.69) is 0 Å². The van der Waals surface area contributed by atoms with Crippen LogP contribution in [0.2, 0.25) is 0 Å². The molecule has 1 aromatic rings. The van der Waals surface area contributed by atoms with Gasteiger partial charge in [-0.2, -0.15) is 0 Å². The number of furan rings is 1. The summed E-state index contributed by atoms with van der Waals surface area (Å²) in [4.78, 5) is 25.0. The van der Waals surface area contributed by atoms with Crippen molar-refractivity contribution >= 4 is 12.1 Å². The Morgan fingerprint density at radius 2 is 2.00 bits per heavy atom. The summed E-state index contributed by atoms with van der Waals surface area (Å²) in [5.41, 5.74) is -0.696. The fourth-order valence-electron chi connectivity index (χ4n) is 1.95. The van der Waals surface area contributed by atoms with Gasteiger partial charge in [0.15, 0.2) is 0 Å². The molecule has 0 aliphatic rings. The van der Waals surface area contributed by atoms with Crippen LogP contribution in [0.3, 0.4) is 0 Å². The van der Waals surface area contributed by atoms with Crippen LogP contribution in [0.5, 0.6) is 0 Å². The normalized spacial score (nSPS) is 13.0. The Bertz CT molecular complexity index is 473. The highest BCUT2D eigenvalue weighted by atomic mass is 16.6. The third-order valence-corrected chi connectivity index (χ3v) is 2.75. The first kappa shape index (κ1) is 17.1. The van der Waals surface area contributed by atoms with Gasteiger partial charge in [0.1, 0.15) is 17.4 Å². The number of hydrogen-bond donors (Lipinski definition) is 1. The third-order valence-electron chi connectivity index (χ3n) is 2.75. The van der Waals surface area contributed by atoms with Crippen molar-refractivity contribution in [3.8, 4) is 0 Å². The molecule has 0 radical (unpaired) electrons. The first-order valence-electron chi connectivity index (χ1n) is 6.86. The number of carboxylic acid groups (broad SMARTS) is 1. The van der Waals surface area contributed by atoms with E-state index in [1.54, 1.807) is 46.8 Å². The monoisotopic (exact) mass is 297 g/mol. The molecule has 0 saturated heterocycles. The summed E-state index contributed by atoms with van der Waals surface area (Å²) in [6, 6.07) is 2.40. The molecule has 0 aliphatic heterocycles. The molecule has 1 N–H and O–H groups in total. The molecular formula is C15H23NO5. The van der Waals surface area contributed by atoms with Crippen LogP contribution in [0, 0.1) is 5.92 Å². The Hall–Kier alpha value is -1.98. The van der Waals surface area contributed by atoms with Crippen LogP contribution in [0.15, 0.2) is 22.8 Å². The smallest absolute Gasteiger partial charge is 0.411 e. The molecule has 0 aliphatic carbocycles. The molecule has 0 aromatic carbocycles. The Morgan fingerprint density at radius 3 is 2.38 bits per heavy atom. The van der Waals surface area contributed by atoms with E-state index >= 15 is 0 Å². The van der Waals surface area contributed by atoms with Crippen molar-refractivity contribution in [1.82, 2.24) is 4.90 Å². The fourth-order valence-corrected chi connectivity index (χ4v) is 1.95. The van der Waals surface area contributed by atoms with E-state index in [9.17, 15) is 14.7 Å². The predicted octanol–water partition coefficient (Wildman–Crippen LogP) is 3.13. The molecule has 1 rings (SSSR count). The number of amides is 1. The van der Waals surface area contributed by atoms with Gasteiger partial charge in [0.25, 0.3) is 0 Å². The van der Waals surface area contributed by atoms with Crippen LogP contribution >= 0.6 is 0 Å². The van der Waals surface area contributed by atoms with E-state index in [1.165, 1.54) is 11.2 Å². The molecule has 6 nitrogen and oxygen atoms in total. The number of aliphatic carboxylic acids is 1. The fraction of sp³-hybridized carbons (Fsp3) is 0.600. The highest BCUT2D eigenvalue weighted by Crippen LogP contribution is 2.19. The lowest BCUT2D eigenvalue weighted by Gasteiger charge is -2.32. The summed E-state index contributed by atoms with van der Waals surface area (Å²) < 4.78 is 10.5. The molecular weight excluding hydrogens is 274 g/mol. The molecule has 1 heterocycles. The first-order chi connectivity index (χ1) is 9.61. The SMILES string of the molecule is CC(C)C(C(=O)O)N(Cc1ccco1)C(=O)OC(C)(C)C. The maximum Gasteiger partial charge on any atom is 0.411 e. The van der Waals surface area contributed by atoms with Gasteiger partial charge in [0, 0.05) is 0 Å². The number of rotatable bonds is 5. The van der Waals surface area contributed by atoms with Crippen LogP contribution in [-0.2, 0) is 16.1 Å². The molecule has 1 atom stereocenters. The van der Waals surface area contributed by atoms with Gasteiger partial charge in [-0.25, -0.2) is 9.59 Å². The summed E-state index contributed by atoms with van der Waals surface area (Å²) >= 11 is 0. The van der Waals surface area contributed by atoms with E-state index in [1.807, 2.05) is 0 Å². The van der Waals surface area contributed by atoms with Crippen LogP contribution in [0.1, 0.15) is 40.4 Å². The van der Waals surface area contributed by atoms with Gasteiger partial charge >= 0.3 is 12.1 Å². The van der Waals surface area contributed by atoms with Crippen molar-refractivity contribution in [3.63, 3.8) is 0 Å². The summed E-state index contributed by atoms with van der Waals surface area (Å²) in [5.74, 6) is -0.819. The van der Waals surface area contributed by atoms with Crippen molar-refractivity contribution in [2.24, 2.45) is 5.92 Å². The topological polar surface area (TPSA) is 80.0 Å². The highest BCUT2D eigenvalue weighted by Gasteiger charge is 2.35. The Balaban J connectivity index is 3.03. The Morgan fingerprint density at radius 1 is 1.38 bits per heavy atom. The molecule has 6 heteroatoms. The zero-order valence-corrected chi connectivity index (χ0v) is 13.1. The summed E-state index contributed by atoms with van der Waals surface area (Å²) in [5, 5.41) is 9.41. The molecule has 0 spiro atoms. The minimum absolute atomic E-state index is 0.0526. The maximum atomic E-state index is 12.3. The molecule has 118 valence electrons. The second kappa shape index (κ2) is 6.65. The molecule has 1 aromatic heterocycles. The molecule has 0 bridgehead atoms. The molecule has 21 heavy (non-hydrogen) atoms. The summed E-state index contributed by atoms with van der Waals surface area (Å²) in [6.45, 7) is 8.76. The second-order valence-corrected chi connectivity index (χ2v) is 6.21. The lowest BCUT2D eigenvalue weighted by atomic mass is 10.0. The van der Waals surface area contributed by atoms with Gasteiger partial charge in [-0.3, -0.25) is 4.90 Å². The maximum absolute atomic E-state index is 12.3. The molecule has 0 saturated carbocycles. The van der Waals surface area contributed by atoms with Crippen molar-refractivity contribution < 1.29 is 23.8 Å². The highest BCUT2D eigenvalue weighted by molar-refractivity contribution is 5.80. The minimum Gasteiger partial charge on any atom is -0.480 e. The molecule has 1 unspecified atom stereocenters. The lowest BCUT2D eigenvalue weighted by Crippen LogP contribution is -2.49. The van der Waals surface area contributed by atoms with Gasteiger partial charge in [-0.05, 0) is 38.8 Å². The number of hydrogen-bond acceptors (Lipinski definition) is 4.